The molecule has 2 aromatic carbocycles. The number of carbonyl (C=O) groups excluding carboxylic acids is 1. The highest BCUT2D eigenvalue weighted by molar-refractivity contribution is 7.89. The number of anilines is 1. The molecule has 35 heavy (non-hydrogen) atoms. The van der Waals surface area contributed by atoms with E-state index in [4.69, 9.17) is 39.3 Å². The second-order valence-corrected chi connectivity index (χ2v) is 11.4. The summed E-state index contributed by atoms with van der Waals surface area (Å²) in [5.74, 6) is -1.10. The summed E-state index contributed by atoms with van der Waals surface area (Å²) in [4.78, 5) is 16.6. The lowest BCUT2D eigenvalue weighted by Gasteiger charge is -2.25. The van der Waals surface area contributed by atoms with Crippen LogP contribution in [0, 0.1) is 5.41 Å². The molecule has 1 aromatic heterocycles. The van der Waals surface area contributed by atoms with Crippen LogP contribution in [0.3, 0.4) is 0 Å². The molecule has 0 unspecified atom stereocenters. The van der Waals surface area contributed by atoms with Gasteiger partial charge in [0.2, 0.25) is 16.0 Å². The number of pyridine rings is 1. The van der Waals surface area contributed by atoms with E-state index in [9.17, 15) is 13.2 Å². The molecule has 3 aromatic rings. The highest BCUT2D eigenvalue weighted by Gasteiger charge is 2.29. The first-order chi connectivity index (χ1) is 16.3. The number of hydrogen-bond acceptors (Lipinski definition) is 6. The van der Waals surface area contributed by atoms with Crippen LogP contribution in [0.5, 0.6) is 0 Å². The molecule has 0 fully saturated rings. The highest BCUT2D eigenvalue weighted by Crippen LogP contribution is 2.30. The minimum atomic E-state index is -4.16. The normalized spacial score (nSPS) is 12.1. The van der Waals surface area contributed by atoms with E-state index in [2.05, 4.69) is 4.98 Å². The molecule has 9 nitrogen and oxygen atoms in total. The molecule has 0 amide bonds. The maximum absolute atomic E-state index is 13.7. The SMILES string of the molecule is CC(C)(C)OC(=O)CN(Cc1cccc(Cl)c1)S(=O)(=O)c1ccc2c(N(Cl)C(=N)N)cncc2c1. The van der Waals surface area contributed by atoms with Crippen LogP contribution in [0.1, 0.15) is 26.3 Å². The zero-order valence-corrected chi connectivity index (χ0v) is 21.7. The van der Waals surface area contributed by atoms with Crippen LogP contribution >= 0.6 is 23.4 Å². The number of guanidine groups is 1. The zero-order chi connectivity index (χ0) is 26.0. The van der Waals surface area contributed by atoms with Gasteiger partial charge in [-0.15, -0.1) is 0 Å². The van der Waals surface area contributed by atoms with Gasteiger partial charge in [-0.2, -0.15) is 4.31 Å². The number of hydrogen-bond donors (Lipinski definition) is 2. The van der Waals surface area contributed by atoms with E-state index >= 15 is 0 Å². The molecular weight excluding hydrogens is 513 g/mol. The van der Waals surface area contributed by atoms with Crippen molar-refractivity contribution in [2.75, 3.05) is 11.0 Å². The third kappa shape index (κ3) is 6.61. The lowest BCUT2D eigenvalue weighted by molar-refractivity contribution is -0.155. The lowest BCUT2D eigenvalue weighted by atomic mass is 10.1. The summed E-state index contributed by atoms with van der Waals surface area (Å²) in [6, 6.07) is 11.1. The highest BCUT2D eigenvalue weighted by atomic mass is 35.5. The second-order valence-electron chi connectivity index (χ2n) is 8.70. The van der Waals surface area contributed by atoms with Crippen molar-refractivity contribution in [2.24, 2.45) is 5.73 Å². The van der Waals surface area contributed by atoms with E-state index < -0.39 is 34.1 Å². The first kappa shape index (κ1) is 26.7. The van der Waals surface area contributed by atoms with Crippen LogP contribution < -0.4 is 10.2 Å². The number of fused-ring (bicyclic) bond motifs is 1. The Morgan fingerprint density at radius 3 is 2.51 bits per heavy atom. The van der Waals surface area contributed by atoms with Gasteiger partial charge in [0.1, 0.15) is 12.1 Å². The maximum Gasteiger partial charge on any atom is 0.321 e. The van der Waals surface area contributed by atoms with Crippen molar-refractivity contribution < 1.29 is 17.9 Å². The number of nitrogens with two attached hydrogens (primary N) is 1. The topological polar surface area (TPSA) is 130 Å². The van der Waals surface area contributed by atoms with Crippen molar-refractivity contribution in [2.45, 2.75) is 37.8 Å². The Balaban J connectivity index is 2.04. The van der Waals surface area contributed by atoms with Crippen LogP contribution in [0.4, 0.5) is 5.69 Å². The van der Waals surface area contributed by atoms with Crippen molar-refractivity contribution in [1.82, 2.24) is 9.29 Å². The largest absolute Gasteiger partial charge is 0.459 e. The summed E-state index contributed by atoms with van der Waals surface area (Å²) >= 11 is 12.1. The molecule has 0 saturated carbocycles. The molecule has 1 heterocycles. The second kappa shape index (κ2) is 10.4. The Morgan fingerprint density at radius 1 is 1.17 bits per heavy atom. The van der Waals surface area contributed by atoms with E-state index in [-0.39, 0.29) is 11.4 Å². The molecule has 0 bridgehead atoms. The molecule has 0 aliphatic heterocycles. The summed E-state index contributed by atoms with van der Waals surface area (Å²) in [6.45, 7) is 4.52. The number of carbonyl (C=O) groups is 1. The molecule has 3 N–H and O–H groups in total. The van der Waals surface area contributed by atoms with Gasteiger partial charge in [0.25, 0.3) is 0 Å². The Kier molecular flexibility index (Phi) is 7.90. The van der Waals surface area contributed by atoms with Gasteiger partial charge in [-0.25, -0.2) is 12.8 Å². The molecule has 0 spiro atoms. The number of esters is 1. The average Bonchev–Trinajstić information content (AvgIpc) is 2.76. The van der Waals surface area contributed by atoms with Crippen molar-refractivity contribution in [1.29, 1.82) is 5.41 Å². The fraction of sp³-hybridized carbons (Fsp3) is 0.261. The van der Waals surface area contributed by atoms with Crippen LogP contribution in [-0.4, -0.2) is 41.8 Å². The summed E-state index contributed by atoms with van der Waals surface area (Å²) in [5.41, 5.74) is 5.61. The van der Waals surface area contributed by atoms with Gasteiger partial charge in [0, 0.05) is 40.3 Å². The summed E-state index contributed by atoms with van der Waals surface area (Å²) in [7, 11) is -4.16. The van der Waals surface area contributed by atoms with Gasteiger partial charge >= 0.3 is 5.97 Å². The number of nitrogens with zero attached hydrogens (tertiary/aromatic N) is 3. The summed E-state index contributed by atoms with van der Waals surface area (Å²) in [5, 5.41) is 8.98. The van der Waals surface area contributed by atoms with Crippen molar-refractivity contribution in [3.8, 4) is 0 Å². The minimum Gasteiger partial charge on any atom is -0.459 e. The van der Waals surface area contributed by atoms with Crippen LogP contribution in [0.15, 0.2) is 59.8 Å². The van der Waals surface area contributed by atoms with Crippen molar-refractivity contribution in [3.05, 3.63) is 65.4 Å². The standard InChI is InChI=1S/C23H25Cl2N5O4S/c1-23(2,3)34-21(31)14-29(13-15-5-4-6-17(24)9-15)35(32,33)18-7-8-19-16(10-18)11-28-12-20(19)30(25)22(26)27/h4-12H,13-14H2,1-3H3,(H3,26,27). The predicted molar refractivity (Wildman–Crippen MR) is 137 cm³/mol. The van der Waals surface area contributed by atoms with E-state index in [1.807, 2.05) is 0 Å². The lowest BCUT2D eigenvalue weighted by Crippen LogP contribution is -2.38. The average molecular weight is 538 g/mol. The molecule has 3 rings (SSSR count). The van der Waals surface area contributed by atoms with Gasteiger partial charge in [0.15, 0.2) is 0 Å². The number of aromatic nitrogens is 1. The van der Waals surface area contributed by atoms with Gasteiger partial charge in [-0.3, -0.25) is 15.2 Å². The summed E-state index contributed by atoms with van der Waals surface area (Å²) < 4.78 is 34.6. The van der Waals surface area contributed by atoms with Crippen molar-refractivity contribution >= 4 is 61.8 Å². The quantitative estimate of drug-likeness (QED) is 0.199. The van der Waals surface area contributed by atoms with Crippen LogP contribution in [0.25, 0.3) is 10.8 Å². The van der Waals surface area contributed by atoms with E-state index in [1.165, 1.54) is 24.5 Å². The number of sulfonamides is 1. The Hall–Kier alpha value is -2.92. The van der Waals surface area contributed by atoms with Gasteiger partial charge in [-0.05, 0) is 50.6 Å². The number of halogens is 2. The molecule has 0 atom stereocenters. The van der Waals surface area contributed by atoms with Crippen LogP contribution in [-0.2, 0) is 26.1 Å². The zero-order valence-electron chi connectivity index (χ0n) is 19.3. The van der Waals surface area contributed by atoms with Gasteiger partial charge in [-0.1, -0.05) is 29.8 Å². The third-order valence-electron chi connectivity index (χ3n) is 4.74. The third-order valence-corrected chi connectivity index (χ3v) is 7.13. The monoisotopic (exact) mass is 537 g/mol. The molecule has 0 aliphatic rings. The smallest absolute Gasteiger partial charge is 0.321 e. The van der Waals surface area contributed by atoms with Crippen LogP contribution in [0.2, 0.25) is 5.02 Å². The molecule has 0 aliphatic carbocycles. The van der Waals surface area contributed by atoms with E-state index in [1.54, 1.807) is 51.1 Å². The molecule has 0 saturated heterocycles. The number of nitrogens with one attached hydrogen (secondary N) is 1. The maximum atomic E-state index is 13.7. The van der Waals surface area contributed by atoms with Gasteiger partial charge in [0.05, 0.1) is 16.8 Å². The number of rotatable bonds is 7. The molecule has 186 valence electrons. The predicted octanol–water partition coefficient (Wildman–Crippen LogP) is 4.27. The molecule has 12 heteroatoms. The Labute approximate surface area is 214 Å². The van der Waals surface area contributed by atoms with E-state index in [0.717, 1.165) is 8.72 Å². The van der Waals surface area contributed by atoms with E-state index in [0.29, 0.717) is 27.0 Å². The first-order valence-corrected chi connectivity index (χ1v) is 12.6. The van der Waals surface area contributed by atoms with Crippen molar-refractivity contribution in [3.63, 3.8) is 0 Å². The molecular formula is C23H25Cl2N5O4S. The number of ether oxygens (including phenoxy) is 1. The fourth-order valence-electron chi connectivity index (χ4n) is 3.32. The Bertz CT molecular complexity index is 1380. The van der Waals surface area contributed by atoms with Gasteiger partial charge < -0.3 is 10.5 Å². The Morgan fingerprint density at radius 2 is 1.89 bits per heavy atom. The first-order valence-electron chi connectivity index (χ1n) is 10.4. The summed E-state index contributed by atoms with van der Waals surface area (Å²) in [6.07, 6.45) is 2.89. The number of benzene rings is 2. The molecule has 0 radical (unpaired) electrons. The minimum absolute atomic E-state index is 0.0570. The fourth-order valence-corrected chi connectivity index (χ4v) is 5.07.